The molecule has 0 aliphatic carbocycles. The number of aryl methyl sites for hydroxylation is 1. The van der Waals surface area contributed by atoms with Crippen molar-refractivity contribution in [2.45, 2.75) is 56.7 Å². The number of halogens is 3. The SMILES string of the molecule is C[C@@H](Oc1ccc2[nH]nc(-c3ccc(N4CCN(C(=O)CC5(O)CCN(c6cc7c(cc6F)c(C6CCC(=O)NC6=O)nn7C)CC5)CC4)nc3)c2c1)c1c(Cl)cncc1Cl. The number of piperazine rings is 1. The quantitative estimate of drug-likeness (QED) is 0.144. The Morgan fingerprint density at radius 1 is 0.984 bits per heavy atom. The van der Waals surface area contributed by atoms with Gasteiger partial charge in [-0.1, -0.05) is 23.2 Å². The normalized spacial score (nSPS) is 18.8. The van der Waals surface area contributed by atoms with Gasteiger partial charge in [0.1, 0.15) is 29.2 Å². The molecule has 6 aromatic rings. The molecule has 61 heavy (non-hydrogen) atoms. The lowest BCUT2D eigenvalue weighted by Crippen LogP contribution is -2.52. The van der Waals surface area contributed by atoms with Crippen molar-refractivity contribution in [2.24, 2.45) is 7.05 Å². The minimum Gasteiger partial charge on any atom is -0.486 e. The van der Waals surface area contributed by atoms with E-state index in [9.17, 15) is 19.5 Å². The molecule has 3 amide bonds. The van der Waals surface area contributed by atoms with Crippen LogP contribution in [0.3, 0.4) is 0 Å². The number of aromatic amines is 1. The van der Waals surface area contributed by atoms with E-state index in [-0.39, 0.29) is 24.7 Å². The van der Waals surface area contributed by atoms with Crippen LogP contribution in [0, 0.1) is 5.82 Å². The molecule has 18 heteroatoms. The molecule has 316 valence electrons. The van der Waals surface area contributed by atoms with Crippen LogP contribution in [0.4, 0.5) is 15.9 Å². The number of piperidine rings is 2. The Balaban J connectivity index is 0.789. The number of aromatic nitrogens is 6. The highest BCUT2D eigenvalue weighted by atomic mass is 35.5. The molecule has 0 bridgehead atoms. The Kier molecular flexibility index (Phi) is 10.8. The van der Waals surface area contributed by atoms with Crippen molar-refractivity contribution < 1.29 is 28.6 Å². The van der Waals surface area contributed by atoms with Crippen molar-refractivity contribution in [1.29, 1.82) is 0 Å². The summed E-state index contributed by atoms with van der Waals surface area (Å²) in [4.78, 5) is 52.3. The summed E-state index contributed by atoms with van der Waals surface area (Å²) >= 11 is 12.7. The van der Waals surface area contributed by atoms with Crippen LogP contribution in [-0.4, -0.2) is 103 Å². The molecule has 9 rings (SSSR count). The minimum atomic E-state index is -1.21. The Morgan fingerprint density at radius 3 is 2.44 bits per heavy atom. The molecule has 7 heterocycles. The van der Waals surface area contributed by atoms with Gasteiger partial charge in [-0.05, 0) is 68.7 Å². The van der Waals surface area contributed by atoms with Gasteiger partial charge >= 0.3 is 0 Å². The van der Waals surface area contributed by atoms with Crippen molar-refractivity contribution in [3.8, 4) is 17.0 Å². The first-order valence-electron chi connectivity index (χ1n) is 20.2. The topological polar surface area (TPSA) is 175 Å². The van der Waals surface area contributed by atoms with Crippen LogP contribution in [0.2, 0.25) is 10.0 Å². The third-order valence-corrected chi connectivity index (χ3v) is 12.8. The number of fused-ring (bicyclic) bond motifs is 2. The van der Waals surface area contributed by atoms with Crippen molar-refractivity contribution in [3.63, 3.8) is 0 Å². The van der Waals surface area contributed by atoms with Gasteiger partial charge in [-0.15, -0.1) is 0 Å². The molecule has 3 N–H and O–H groups in total. The number of nitrogens with one attached hydrogen (secondary N) is 2. The number of aliphatic hydroxyl groups is 1. The van der Waals surface area contributed by atoms with Crippen LogP contribution in [0.15, 0.2) is 61.1 Å². The molecule has 2 atom stereocenters. The van der Waals surface area contributed by atoms with E-state index >= 15 is 4.39 Å². The number of anilines is 2. The summed E-state index contributed by atoms with van der Waals surface area (Å²) in [6.07, 6.45) is 5.55. The maximum Gasteiger partial charge on any atom is 0.235 e. The van der Waals surface area contributed by atoms with Crippen molar-refractivity contribution >= 4 is 74.2 Å². The molecule has 3 aliphatic heterocycles. The standard InChI is InChI=1S/C43H43Cl2FN10O5/c1-24(39-30(44)22-47-23-31(39)45)61-26-4-6-33-28(17-26)40(51-50-33)25-3-7-36(48-21-25)55-13-15-56(16-14-55)38(58)20-43(60)9-11-54(12-10-43)35-19-34-29(18-32(35)46)41(52-53(34)2)27-5-8-37(57)49-42(27)59/h3-4,6-7,17-19,21-24,27,60H,5,8-16,20H2,1-2H3,(H,50,51)(H,49,57,59)/t24-,27?/m1/s1. The van der Waals surface area contributed by atoms with Crippen LogP contribution in [-0.2, 0) is 21.4 Å². The predicted octanol–water partition coefficient (Wildman–Crippen LogP) is 6.08. The molecular formula is C43H43Cl2FN10O5. The van der Waals surface area contributed by atoms with E-state index in [2.05, 4.69) is 30.5 Å². The molecule has 2 aromatic carbocycles. The lowest BCUT2D eigenvalue weighted by atomic mass is 9.87. The molecule has 0 radical (unpaired) electrons. The zero-order valence-corrected chi connectivity index (χ0v) is 35.0. The van der Waals surface area contributed by atoms with Gasteiger partial charge < -0.3 is 24.5 Å². The molecule has 3 saturated heterocycles. The molecule has 1 unspecified atom stereocenters. The number of imide groups is 1. The summed E-state index contributed by atoms with van der Waals surface area (Å²) in [5.74, 6) is -0.549. The van der Waals surface area contributed by atoms with Gasteiger partial charge in [0, 0.05) is 93.2 Å². The molecule has 4 aromatic heterocycles. The smallest absolute Gasteiger partial charge is 0.235 e. The van der Waals surface area contributed by atoms with Crippen molar-refractivity contribution in [1.82, 2.24) is 40.2 Å². The molecular weight excluding hydrogens is 826 g/mol. The summed E-state index contributed by atoms with van der Waals surface area (Å²) in [7, 11) is 1.74. The lowest BCUT2D eigenvalue weighted by Gasteiger charge is -2.41. The van der Waals surface area contributed by atoms with Gasteiger partial charge in [-0.25, -0.2) is 9.37 Å². The highest BCUT2D eigenvalue weighted by Gasteiger charge is 2.38. The van der Waals surface area contributed by atoms with Crippen LogP contribution >= 0.6 is 23.2 Å². The number of rotatable bonds is 9. The maximum absolute atomic E-state index is 15.7. The van der Waals surface area contributed by atoms with E-state index in [1.807, 2.05) is 42.2 Å². The summed E-state index contributed by atoms with van der Waals surface area (Å²) in [5.41, 5.74) is 3.33. The van der Waals surface area contributed by atoms with Crippen molar-refractivity contribution in [3.05, 3.63) is 88.2 Å². The lowest BCUT2D eigenvalue weighted by molar-refractivity contribution is -0.138. The number of hydrogen-bond donors (Lipinski definition) is 3. The number of H-pyrrole nitrogens is 1. The molecule has 0 saturated carbocycles. The Morgan fingerprint density at radius 2 is 1.74 bits per heavy atom. The zero-order valence-electron chi connectivity index (χ0n) is 33.5. The fourth-order valence-electron chi connectivity index (χ4n) is 8.74. The van der Waals surface area contributed by atoms with E-state index in [1.54, 1.807) is 28.9 Å². The Labute approximate surface area is 359 Å². The molecule has 3 aliphatic rings. The number of benzene rings is 2. The summed E-state index contributed by atoms with van der Waals surface area (Å²) < 4.78 is 23.5. The van der Waals surface area contributed by atoms with E-state index in [1.165, 1.54) is 18.5 Å². The van der Waals surface area contributed by atoms with Crippen molar-refractivity contribution in [2.75, 3.05) is 49.1 Å². The second-order valence-electron chi connectivity index (χ2n) is 16.1. The van der Waals surface area contributed by atoms with Gasteiger partial charge in [0.2, 0.25) is 17.7 Å². The van der Waals surface area contributed by atoms with E-state index in [0.717, 1.165) is 28.0 Å². The number of pyridine rings is 2. The molecule has 15 nitrogen and oxygen atoms in total. The van der Waals surface area contributed by atoms with Crippen LogP contribution in [0.25, 0.3) is 33.1 Å². The summed E-state index contributed by atoms with van der Waals surface area (Å²) in [6, 6.07) is 12.7. The number of carbonyl (C=O) groups excluding carboxylic acids is 3. The summed E-state index contributed by atoms with van der Waals surface area (Å²) in [5, 5.41) is 28.3. The highest BCUT2D eigenvalue weighted by Crippen LogP contribution is 2.38. The number of nitrogens with zero attached hydrogens (tertiary/aromatic N) is 8. The van der Waals surface area contributed by atoms with E-state index in [0.29, 0.717) is 102 Å². The largest absolute Gasteiger partial charge is 0.486 e. The van der Waals surface area contributed by atoms with Crippen LogP contribution in [0.1, 0.15) is 62.3 Å². The first-order chi connectivity index (χ1) is 29.3. The van der Waals surface area contributed by atoms with Gasteiger partial charge in [-0.3, -0.25) is 34.5 Å². The first kappa shape index (κ1) is 40.6. The summed E-state index contributed by atoms with van der Waals surface area (Å²) in [6.45, 7) is 4.74. The monoisotopic (exact) mass is 868 g/mol. The number of hydrogen-bond acceptors (Lipinski definition) is 11. The number of ether oxygens (including phenoxy) is 1. The average Bonchev–Trinajstić information content (AvgIpc) is 3.80. The van der Waals surface area contributed by atoms with Gasteiger partial charge in [-0.2, -0.15) is 10.2 Å². The van der Waals surface area contributed by atoms with Crippen LogP contribution < -0.4 is 19.9 Å². The Hall–Kier alpha value is -5.84. The highest BCUT2D eigenvalue weighted by molar-refractivity contribution is 6.35. The third kappa shape index (κ3) is 7.95. The van der Waals surface area contributed by atoms with E-state index in [4.69, 9.17) is 32.9 Å². The second-order valence-corrected chi connectivity index (χ2v) is 16.9. The van der Waals surface area contributed by atoms with Gasteiger partial charge in [0.15, 0.2) is 0 Å². The van der Waals surface area contributed by atoms with Gasteiger partial charge in [0.05, 0.1) is 50.4 Å². The fourth-order valence-corrected chi connectivity index (χ4v) is 9.41. The zero-order chi connectivity index (χ0) is 42.6. The minimum absolute atomic E-state index is 0.0130. The predicted molar refractivity (Wildman–Crippen MR) is 228 cm³/mol. The van der Waals surface area contributed by atoms with Crippen LogP contribution in [0.5, 0.6) is 5.75 Å². The number of amides is 3. The Bertz CT molecular complexity index is 2650. The maximum atomic E-state index is 15.7. The average molecular weight is 870 g/mol. The second kappa shape index (κ2) is 16.2. The van der Waals surface area contributed by atoms with Gasteiger partial charge in [0.25, 0.3) is 0 Å². The number of carbonyl (C=O) groups is 3. The van der Waals surface area contributed by atoms with E-state index < -0.39 is 29.3 Å². The fraction of sp³-hybridized carbons (Fsp3) is 0.372. The third-order valence-electron chi connectivity index (χ3n) is 12.2. The first-order valence-corrected chi connectivity index (χ1v) is 21.0. The molecule has 3 fully saturated rings. The molecule has 0 spiro atoms.